The van der Waals surface area contributed by atoms with Crippen LogP contribution in [0.4, 0.5) is 5.95 Å². The number of rotatable bonds is 3. The molecule has 2 aromatic rings. The average molecular weight is 260 g/mol. The van der Waals surface area contributed by atoms with Gasteiger partial charge < -0.3 is 10.3 Å². The molecule has 0 aliphatic heterocycles. The molecule has 1 aromatic heterocycles. The number of hydrogen-bond acceptors (Lipinski definition) is 5. The number of nitrogens with zero attached hydrogens (tertiary/aromatic N) is 3. The molecule has 2 rings (SSSR count). The van der Waals surface area contributed by atoms with E-state index in [0.717, 1.165) is 10.5 Å². The summed E-state index contributed by atoms with van der Waals surface area (Å²) in [5, 5.41) is 3.63. The summed E-state index contributed by atoms with van der Waals surface area (Å²) in [6, 6.07) is 9.12. The van der Waals surface area contributed by atoms with Gasteiger partial charge in [-0.05, 0) is 10.7 Å². The van der Waals surface area contributed by atoms with Gasteiger partial charge >= 0.3 is 11.8 Å². The molecule has 2 amide bonds. The van der Waals surface area contributed by atoms with Gasteiger partial charge in [-0.2, -0.15) is 4.98 Å². The first-order chi connectivity index (χ1) is 9.08. The highest BCUT2D eigenvalue weighted by Gasteiger charge is 2.25. The van der Waals surface area contributed by atoms with Gasteiger partial charge in [0, 0.05) is 6.92 Å². The molecule has 7 nitrogen and oxygen atoms in total. The van der Waals surface area contributed by atoms with E-state index < -0.39 is 11.8 Å². The third kappa shape index (κ3) is 2.95. The number of aryl methyl sites for hydroxylation is 1. The Morgan fingerprint density at radius 3 is 2.53 bits per heavy atom. The zero-order valence-corrected chi connectivity index (χ0v) is 10.2. The van der Waals surface area contributed by atoms with E-state index in [0.29, 0.717) is 5.89 Å². The van der Waals surface area contributed by atoms with Crippen molar-refractivity contribution in [2.45, 2.75) is 13.5 Å². The fourth-order valence-electron chi connectivity index (χ4n) is 1.53. The second kappa shape index (κ2) is 5.30. The monoisotopic (exact) mass is 260 g/mol. The number of carbonyl (C=O) groups is 2. The summed E-state index contributed by atoms with van der Waals surface area (Å²) in [7, 11) is 0. The van der Waals surface area contributed by atoms with Crippen LogP contribution in [0.25, 0.3) is 0 Å². The Morgan fingerprint density at radius 2 is 2.00 bits per heavy atom. The van der Waals surface area contributed by atoms with E-state index in [1.54, 1.807) is 6.92 Å². The first kappa shape index (κ1) is 12.7. The van der Waals surface area contributed by atoms with Gasteiger partial charge in [0.15, 0.2) is 0 Å². The fourth-order valence-corrected chi connectivity index (χ4v) is 1.53. The summed E-state index contributed by atoms with van der Waals surface area (Å²) in [5.74, 6) is -1.64. The molecule has 2 N–H and O–H groups in total. The van der Waals surface area contributed by atoms with Crippen LogP contribution in [0.5, 0.6) is 0 Å². The lowest BCUT2D eigenvalue weighted by Gasteiger charge is -2.16. The van der Waals surface area contributed by atoms with Crippen LogP contribution in [-0.2, 0) is 16.1 Å². The number of nitrogens with two attached hydrogens (primary N) is 1. The summed E-state index contributed by atoms with van der Waals surface area (Å²) in [6.45, 7) is 1.73. The van der Waals surface area contributed by atoms with E-state index in [1.165, 1.54) is 0 Å². The molecule has 0 saturated heterocycles. The van der Waals surface area contributed by atoms with Crippen molar-refractivity contribution in [2.24, 2.45) is 5.73 Å². The zero-order chi connectivity index (χ0) is 13.8. The van der Waals surface area contributed by atoms with Crippen molar-refractivity contribution >= 4 is 17.8 Å². The van der Waals surface area contributed by atoms with E-state index in [9.17, 15) is 9.59 Å². The van der Waals surface area contributed by atoms with Crippen molar-refractivity contribution in [1.82, 2.24) is 10.1 Å². The highest BCUT2D eigenvalue weighted by atomic mass is 16.5. The Kier molecular flexibility index (Phi) is 3.56. The van der Waals surface area contributed by atoms with Gasteiger partial charge in [-0.15, -0.1) is 0 Å². The molecule has 0 spiro atoms. The number of amides is 2. The van der Waals surface area contributed by atoms with Crippen molar-refractivity contribution < 1.29 is 14.1 Å². The first-order valence-corrected chi connectivity index (χ1v) is 5.53. The zero-order valence-electron chi connectivity index (χ0n) is 10.2. The minimum absolute atomic E-state index is 0.0187. The van der Waals surface area contributed by atoms with Gasteiger partial charge in [0.1, 0.15) is 0 Å². The van der Waals surface area contributed by atoms with Crippen LogP contribution in [-0.4, -0.2) is 22.0 Å². The average Bonchev–Trinajstić information content (AvgIpc) is 2.83. The molecule has 0 unspecified atom stereocenters. The molecule has 1 heterocycles. The van der Waals surface area contributed by atoms with Crippen LogP contribution in [0.15, 0.2) is 34.9 Å². The van der Waals surface area contributed by atoms with Crippen LogP contribution < -0.4 is 10.6 Å². The summed E-state index contributed by atoms with van der Waals surface area (Å²) in [4.78, 5) is 27.9. The summed E-state index contributed by atoms with van der Waals surface area (Å²) >= 11 is 0. The predicted octanol–water partition coefficient (Wildman–Crippen LogP) is 0.397. The summed E-state index contributed by atoms with van der Waals surface area (Å²) in [5.41, 5.74) is 5.84. The summed E-state index contributed by atoms with van der Waals surface area (Å²) < 4.78 is 4.81. The Labute approximate surface area is 109 Å². The smallest absolute Gasteiger partial charge is 0.318 e. The SMILES string of the molecule is Cc1nc(N(Cc2ccccc2)C(=O)C(N)=O)no1. The van der Waals surface area contributed by atoms with Crippen molar-refractivity contribution in [3.8, 4) is 0 Å². The van der Waals surface area contributed by atoms with Gasteiger partial charge in [0.2, 0.25) is 5.89 Å². The third-order valence-corrected chi connectivity index (χ3v) is 2.40. The molecule has 19 heavy (non-hydrogen) atoms. The van der Waals surface area contributed by atoms with Gasteiger partial charge in [0.05, 0.1) is 6.54 Å². The van der Waals surface area contributed by atoms with Crippen LogP contribution in [0.3, 0.4) is 0 Å². The number of primary amides is 1. The van der Waals surface area contributed by atoms with Gasteiger partial charge in [-0.25, -0.2) is 0 Å². The van der Waals surface area contributed by atoms with Crippen LogP contribution in [0.2, 0.25) is 0 Å². The fraction of sp³-hybridized carbons (Fsp3) is 0.167. The van der Waals surface area contributed by atoms with Gasteiger partial charge in [-0.3, -0.25) is 14.5 Å². The number of aromatic nitrogens is 2. The molecule has 0 radical (unpaired) electrons. The lowest BCUT2D eigenvalue weighted by Crippen LogP contribution is -2.40. The lowest BCUT2D eigenvalue weighted by atomic mass is 10.2. The van der Waals surface area contributed by atoms with Crippen molar-refractivity contribution in [2.75, 3.05) is 4.90 Å². The van der Waals surface area contributed by atoms with E-state index in [1.807, 2.05) is 30.3 Å². The molecule has 7 heteroatoms. The summed E-state index contributed by atoms with van der Waals surface area (Å²) in [6.07, 6.45) is 0. The van der Waals surface area contributed by atoms with E-state index in [-0.39, 0.29) is 12.5 Å². The quantitative estimate of drug-likeness (QED) is 0.804. The van der Waals surface area contributed by atoms with E-state index in [2.05, 4.69) is 10.1 Å². The molecule has 0 atom stereocenters. The lowest BCUT2D eigenvalue weighted by molar-refractivity contribution is -0.135. The normalized spacial score (nSPS) is 10.2. The Bertz CT molecular complexity index is 594. The highest BCUT2D eigenvalue weighted by molar-refractivity contribution is 6.39. The molecule has 0 aliphatic carbocycles. The molecule has 0 bridgehead atoms. The standard InChI is InChI=1S/C12H12N4O3/c1-8-14-12(15-19-8)16(11(18)10(13)17)7-9-5-3-2-4-6-9/h2-6H,7H2,1H3,(H2,13,17). The number of anilines is 1. The maximum absolute atomic E-state index is 11.8. The topological polar surface area (TPSA) is 102 Å². The minimum Gasteiger partial charge on any atom is -0.361 e. The maximum Gasteiger partial charge on any atom is 0.318 e. The maximum atomic E-state index is 11.8. The first-order valence-electron chi connectivity index (χ1n) is 5.53. The van der Waals surface area contributed by atoms with E-state index in [4.69, 9.17) is 10.3 Å². The van der Waals surface area contributed by atoms with Crippen LogP contribution in [0, 0.1) is 6.92 Å². The molecule has 1 aromatic carbocycles. The largest absolute Gasteiger partial charge is 0.361 e. The molecular weight excluding hydrogens is 248 g/mol. The molecule has 0 saturated carbocycles. The Morgan fingerprint density at radius 1 is 1.32 bits per heavy atom. The second-order valence-electron chi connectivity index (χ2n) is 3.85. The molecule has 98 valence electrons. The Hall–Kier alpha value is -2.70. The van der Waals surface area contributed by atoms with Crippen LogP contribution >= 0.6 is 0 Å². The third-order valence-electron chi connectivity index (χ3n) is 2.40. The van der Waals surface area contributed by atoms with Crippen molar-refractivity contribution in [3.63, 3.8) is 0 Å². The van der Waals surface area contributed by atoms with Crippen LogP contribution in [0.1, 0.15) is 11.5 Å². The van der Waals surface area contributed by atoms with Gasteiger partial charge in [-0.1, -0.05) is 30.3 Å². The molecule has 0 aliphatic rings. The van der Waals surface area contributed by atoms with Crippen molar-refractivity contribution in [1.29, 1.82) is 0 Å². The number of benzene rings is 1. The number of carbonyl (C=O) groups excluding carboxylic acids is 2. The molecular formula is C12H12N4O3. The predicted molar refractivity (Wildman–Crippen MR) is 65.9 cm³/mol. The Balaban J connectivity index is 2.30. The van der Waals surface area contributed by atoms with Gasteiger partial charge in [0.25, 0.3) is 5.95 Å². The molecule has 0 fully saturated rings. The highest BCUT2D eigenvalue weighted by Crippen LogP contribution is 2.13. The number of hydrogen-bond donors (Lipinski definition) is 1. The minimum atomic E-state index is -1.07. The van der Waals surface area contributed by atoms with Crippen molar-refractivity contribution in [3.05, 3.63) is 41.8 Å². The second-order valence-corrected chi connectivity index (χ2v) is 3.85. The van der Waals surface area contributed by atoms with E-state index >= 15 is 0 Å².